The van der Waals surface area contributed by atoms with Gasteiger partial charge in [0.15, 0.2) is 0 Å². The molecule has 0 aliphatic carbocycles. The van der Waals surface area contributed by atoms with Crippen molar-refractivity contribution in [2.75, 3.05) is 13.6 Å². The van der Waals surface area contributed by atoms with Gasteiger partial charge in [-0.1, -0.05) is 0 Å². The highest BCUT2D eigenvalue weighted by molar-refractivity contribution is 7.09. The number of hydrogen-bond donors (Lipinski definition) is 2. The summed E-state index contributed by atoms with van der Waals surface area (Å²) in [6.45, 7) is 8.18. The Hall–Kier alpha value is -0.450. The molecule has 1 aromatic rings. The van der Waals surface area contributed by atoms with Gasteiger partial charge in [0, 0.05) is 29.7 Å². The molecule has 14 heavy (non-hydrogen) atoms. The quantitative estimate of drug-likeness (QED) is 0.779. The predicted molar refractivity (Wildman–Crippen MR) is 61.7 cm³/mol. The average molecular weight is 213 g/mol. The number of aromatic nitrogens is 1. The minimum Gasteiger partial charge on any atom is -0.314 e. The molecule has 0 bridgehead atoms. The largest absolute Gasteiger partial charge is 0.314 e. The van der Waals surface area contributed by atoms with Crippen molar-refractivity contribution < 1.29 is 0 Å². The number of aryl methyl sites for hydroxylation is 1. The van der Waals surface area contributed by atoms with E-state index in [1.54, 1.807) is 11.3 Å². The highest BCUT2D eigenvalue weighted by Crippen LogP contribution is 2.08. The molecule has 0 fully saturated rings. The maximum Gasteiger partial charge on any atom is 0.107 e. The molecule has 3 nitrogen and oxygen atoms in total. The average Bonchev–Trinajstić information content (AvgIpc) is 2.51. The van der Waals surface area contributed by atoms with Crippen LogP contribution in [-0.2, 0) is 6.54 Å². The van der Waals surface area contributed by atoms with Gasteiger partial charge in [0.25, 0.3) is 0 Å². The summed E-state index contributed by atoms with van der Waals surface area (Å²) < 4.78 is 0. The summed E-state index contributed by atoms with van der Waals surface area (Å²) in [5.74, 6) is 0. The van der Waals surface area contributed by atoms with E-state index in [4.69, 9.17) is 0 Å². The molecule has 0 spiro atoms. The first-order valence-electron chi connectivity index (χ1n) is 4.84. The van der Waals surface area contributed by atoms with Crippen LogP contribution in [0.4, 0.5) is 0 Å². The Bertz CT molecular complexity index is 281. The number of hydrogen-bond acceptors (Lipinski definition) is 4. The predicted octanol–water partition coefficient (Wildman–Crippen LogP) is 1.54. The summed E-state index contributed by atoms with van der Waals surface area (Å²) >= 11 is 1.71. The summed E-state index contributed by atoms with van der Waals surface area (Å²) in [5, 5.41) is 9.89. The Kier molecular flexibility index (Phi) is 4.04. The highest BCUT2D eigenvalue weighted by atomic mass is 32.1. The normalized spacial score (nSPS) is 12.0. The van der Waals surface area contributed by atoms with Crippen molar-refractivity contribution in [3.05, 3.63) is 16.1 Å². The van der Waals surface area contributed by atoms with Crippen LogP contribution >= 0.6 is 11.3 Å². The van der Waals surface area contributed by atoms with E-state index in [9.17, 15) is 0 Å². The van der Waals surface area contributed by atoms with Gasteiger partial charge < -0.3 is 10.6 Å². The SMILES string of the molecule is CNC(C)(C)CNCc1nc(C)cs1. The molecule has 2 N–H and O–H groups in total. The molecule has 0 aliphatic heterocycles. The Morgan fingerprint density at radius 2 is 2.21 bits per heavy atom. The van der Waals surface area contributed by atoms with Gasteiger partial charge in [0.2, 0.25) is 0 Å². The second kappa shape index (κ2) is 4.87. The zero-order chi connectivity index (χ0) is 10.6. The zero-order valence-electron chi connectivity index (χ0n) is 9.35. The van der Waals surface area contributed by atoms with Crippen molar-refractivity contribution in [1.29, 1.82) is 0 Å². The number of nitrogens with zero attached hydrogens (tertiary/aromatic N) is 1. The van der Waals surface area contributed by atoms with E-state index >= 15 is 0 Å². The van der Waals surface area contributed by atoms with Crippen LogP contribution in [0.1, 0.15) is 24.5 Å². The van der Waals surface area contributed by atoms with Crippen LogP contribution in [0.2, 0.25) is 0 Å². The fourth-order valence-electron chi connectivity index (χ4n) is 1.05. The maximum absolute atomic E-state index is 4.39. The maximum atomic E-state index is 4.39. The van der Waals surface area contributed by atoms with E-state index in [2.05, 4.69) is 34.8 Å². The Balaban J connectivity index is 2.28. The Labute approximate surface area is 89.9 Å². The van der Waals surface area contributed by atoms with Gasteiger partial charge in [-0.2, -0.15) is 0 Å². The lowest BCUT2D eigenvalue weighted by molar-refractivity contribution is 0.393. The Morgan fingerprint density at radius 3 is 2.71 bits per heavy atom. The van der Waals surface area contributed by atoms with Gasteiger partial charge in [-0.15, -0.1) is 11.3 Å². The first-order valence-corrected chi connectivity index (χ1v) is 5.72. The van der Waals surface area contributed by atoms with Crippen LogP contribution in [0.5, 0.6) is 0 Å². The summed E-state index contributed by atoms with van der Waals surface area (Å²) in [7, 11) is 1.98. The van der Waals surface area contributed by atoms with E-state index < -0.39 is 0 Å². The monoisotopic (exact) mass is 213 g/mol. The van der Waals surface area contributed by atoms with Gasteiger partial charge in [0.1, 0.15) is 5.01 Å². The third-order valence-electron chi connectivity index (χ3n) is 2.19. The van der Waals surface area contributed by atoms with Crippen LogP contribution < -0.4 is 10.6 Å². The summed E-state index contributed by atoms with van der Waals surface area (Å²) in [4.78, 5) is 4.39. The zero-order valence-corrected chi connectivity index (χ0v) is 10.2. The molecule has 0 atom stereocenters. The molecule has 4 heteroatoms. The third-order valence-corrected chi connectivity index (χ3v) is 3.15. The van der Waals surface area contributed by atoms with Gasteiger partial charge >= 0.3 is 0 Å². The third kappa shape index (κ3) is 3.74. The van der Waals surface area contributed by atoms with Crippen molar-refractivity contribution in [3.63, 3.8) is 0 Å². The van der Waals surface area contributed by atoms with E-state index in [0.717, 1.165) is 23.8 Å². The summed E-state index contributed by atoms with van der Waals surface area (Å²) in [5.41, 5.74) is 1.26. The molecule has 1 heterocycles. The number of likely N-dealkylation sites (N-methyl/N-ethyl adjacent to an activating group) is 1. The lowest BCUT2D eigenvalue weighted by Gasteiger charge is -2.23. The van der Waals surface area contributed by atoms with Crippen LogP contribution in [0.15, 0.2) is 5.38 Å². The lowest BCUT2D eigenvalue weighted by atomic mass is 10.1. The second-order valence-corrected chi connectivity index (χ2v) is 5.06. The fourth-order valence-corrected chi connectivity index (χ4v) is 1.80. The van der Waals surface area contributed by atoms with Crippen molar-refractivity contribution in [3.8, 4) is 0 Å². The molecule has 0 aromatic carbocycles. The molecule has 0 amide bonds. The highest BCUT2D eigenvalue weighted by Gasteiger charge is 2.13. The van der Waals surface area contributed by atoms with Crippen LogP contribution in [0.3, 0.4) is 0 Å². The molecule has 0 radical (unpaired) electrons. The van der Waals surface area contributed by atoms with Crippen molar-refractivity contribution >= 4 is 11.3 Å². The molecule has 0 unspecified atom stereocenters. The standard InChI is InChI=1S/C10H19N3S/c1-8-6-14-9(13-8)5-12-7-10(2,3)11-4/h6,11-12H,5,7H2,1-4H3. The smallest absolute Gasteiger partial charge is 0.107 e. The number of thiazole rings is 1. The molecular weight excluding hydrogens is 194 g/mol. The van der Waals surface area contributed by atoms with Gasteiger partial charge in [-0.25, -0.2) is 4.98 Å². The minimum atomic E-state index is 0.145. The van der Waals surface area contributed by atoms with Crippen LogP contribution in [0, 0.1) is 6.92 Å². The number of nitrogens with one attached hydrogen (secondary N) is 2. The molecule has 0 saturated heterocycles. The van der Waals surface area contributed by atoms with E-state index in [1.165, 1.54) is 0 Å². The van der Waals surface area contributed by atoms with Gasteiger partial charge in [-0.3, -0.25) is 0 Å². The molecule has 0 aliphatic rings. The Morgan fingerprint density at radius 1 is 1.50 bits per heavy atom. The topological polar surface area (TPSA) is 37.0 Å². The number of rotatable bonds is 5. The second-order valence-electron chi connectivity index (χ2n) is 4.12. The molecule has 80 valence electrons. The molecular formula is C10H19N3S. The van der Waals surface area contributed by atoms with E-state index in [-0.39, 0.29) is 5.54 Å². The van der Waals surface area contributed by atoms with Crippen LogP contribution in [-0.4, -0.2) is 24.1 Å². The van der Waals surface area contributed by atoms with Crippen molar-refractivity contribution in [1.82, 2.24) is 15.6 Å². The van der Waals surface area contributed by atoms with Crippen molar-refractivity contribution in [2.45, 2.75) is 32.9 Å². The molecule has 0 saturated carbocycles. The summed E-state index contributed by atoms with van der Waals surface area (Å²) in [6.07, 6.45) is 0. The lowest BCUT2D eigenvalue weighted by Crippen LogP contribution is -2.45. The van der Waals surface area contributed by atoms with E-state index in [1.807, 2.05) is 14.0 Å². The van der Waals surface area contributed by atoms with E-state index in [0.29, 0.717) is 0 Å². The first-order chi connectivity index (χ1) is 6.53. The minimum absolute atomic E-state index is 0.145. The van der Waals surface area contributed by atoms with Crippen molar-refractivity contribution in [2.24, 2.45) is 0 Å². The molecule has 1 aromatic heterocycles. The first kappa shape index (κ1) is 11.6. The van der Waals surface area contributed by atoms with Crippen LogP contribution in [0.25, 0.3) is 0 Å². The summed E-state index contributed by atoms with van der Waals surface area (Å²) in [6, 6.07) is 0. The fraction of sp³-hybridized carbons (Fsp3) is 0.700. The van der Waals surface area contributed by atoms with Gasteiger partial charge in [-0.05, 0) is 27.8 Å². The molecule has 1 rings (SSSR count). The van der Waals surface area contributed by atoms with Gasteiger partial charge in [0.05, 0.1) is 0 Å².